The van der Waals surface area contributed by atoms with Crippen LogP contribution in [0.5, 0.6) is 0 Å². The van der Waals surface area contributed by atoms with Crippen LogP contribution in [0.1, 0.15) is 18.5 Å². The minimum atomic E-state index is -0.694. The van der Waals surface area contributed by atoms with Crippen LogP contribution < -0.4 is 0 Å². The summed E-state index contributed by atoms with van der Waals surface area (Å²) in [7, 11) is 0. The number of nitrogens with zero attached hydrogens (tertiary/aromatic N) is 3. The van der Waals surface area contributed by atoms with Crippen LogP contribution in [0.3, 0.4) is 0 Å². The van der Waals surface area contributed by atoms with Crippen molar-refractivity contribution in [2.75, 3.05) is 0 Å². The van der Waals surface area contributed by atoms with Crippen LogP contribution in [0.4, 0.5) is 8.78 Å². The molecule has 1 aromatic carbocycles. The van der Waals surface area contributed by atoms with E-state index in [1.165, 1.54) is 6.92 Å². The first-order chi connectivity index (χ1) is 6.15. The molecule has 0 N–H and O–H groups in total. The third-order valence-corrected chi connectivity index (χ3v) is 1.63. The van der Waals surface area contributed by atoms with E-state index in [-0.39, 0.29) is 5.56 Å². The van der Waals surface area contributed by atoms with Crippen LogP contribution in [0.2, 0.25) is 0 Å². The monoisotopic (exact) mass is 183 g/mol. The van der Waals surface area contributed by atoms with Gasteiger partial charge in [0.1, 0.15) is 11.6 Å². The zero-order valence-corrected chi connectivity index (χ0v) is 6.91. The first-order valence-corrected chi connectivity index (χ1v) is 3.64. The molecule has 0 fully saturated rings. The van der Waals surface area contributed by atoms with Crippen LogP contribution in [-0.4, -0.2) is 0 Å². The van der Waals surface area contributed by atoms with E-state index >= 15 is 0 Å². The van der Waals surface area contributed by atoms with Gasteiger partial charge in [0.05, 0.1) is 6.04 Å². The van der Waals surface area contributed by atoms with Crippen molar-refractivity contribution >= 4 is 0 Å². The number of benzene rings is 1. The molecule has 5 heteroatoms. The standard InChI is InChI=1S/C8H7F2N3/c1-5(12-13-11)7-4-6(9)2-3-8(7)10/h2-5H,1H3/t5-/m0/s1. The normalized spacial score (nSPS) is 11.9. The SMILES string of the molecule is C[C@H](N=[N+]=[N-])c1cc(F)ccc1F. The molecule has 0 spiro atoms. The van der Waals surface area contributed by atoms with Crippen LogP contribution in [0.15, 0.2) is 23.3 Å². The van der Waals surface area contributed by atoms with Gasteiger partial charge in [-0.05, 0) is 29.3 Å². The Morgan fingerprint density at radius 3 is 2.77 bits per heavy atom. The molecule has 3 nitrogen and oxygen atoms in total. The first kappa shape index (κ1) is 9.48. The van der Waals surface area contributed by atoms with Crippen molar-refractivity contribution in [1.82, 2.24) is 0 Å². The summed E-state index contributed by atoms with van der Waals surface area (Å²) in [4.78, 5) is 2.52. The number of hydrogen-bond donors (Lipinski definition) is 0. The van der Waals surface area contributed by atoms with Gasteiger partial charge in [-0.3, -0.25) is 0 Å². The second-order valence-electron chi connectivity index (χ2n) is 2.55. The highest BCUT2D eigenvalue weighted by atomic mass is 19.1. The lowest BCUT2D eigenvalue weighted by molar-refractivity contribution is 0.571. The van der Waals surface area contributed by atoms with Crippen molar-refractivity contribution in [3.63, 3.8) is 0 Å². The highest BCUT2D eigenvalue weighted by molar-refractivity contribution is 5.21. The molecule has 68 valence electrons. The summed E-state index contributed by atoms with van der Waals surface area (Å²) < 4.78 is 25.6. The number of rotatable bonds is 2. The molecule has 0 aliphatic rings. The van der Waals surface area contributed by atoms with Gasteiger partial charge in [0, 0.05) is 4.91 Å². The molecule has 0 saturated carbocycles. The molecule has 0 saturated heterocycles. The summed E-state index contributed by atoms with van der Waals surface area (Å²) in [6.45, 7) is 1.50. The predicted octanol–water partition coefficient (Wildman–Crippen LogP) is 3.34. The fourth-order valence-electron chi connectivity index (χ4n) is 0.974. The molecule has 13 heavy (non-hydrogen) atoms. The molecule has 1 aromatic rings. The third kappa shape index (κ3) is 2.16. The smallest absolute Gasteiger partial charge is 0.127 e. The Balaban J connectivity index is 3.12. The molecular formula is C8H7F2N3. The van der Waals surface area contributed by atoms with Gasteiger partial charge >= 0.3 is 0 Å². The molecule has 0 amide bonds. The number of hydrogen-bond acceptors (Lipinski definition) is 1. The zero-order valence-electron chi connectivity index (χ0n) is 6.91. The molecule has 0 unspecified atom stereocenters. The summed E-state index contributed by atoms with van der Waals surface area (Å²) >= 11 is 0. The van der Waals surface area contributed by atoms with Crippen LogP contribution in [0.25, 0.3) is 10.4 Å². The summed E-state index contributed by atoms with van der Waals surface area (Å²) in [5.74, 6) is -1.11. The molecule has 0 bridgehead atoms. The van der Waals surface area contributed by atoms with Gasteiger partial charge in [-0.2, -0.15) is 0 Å². The Labute approximate surface area is 73.6 Å². The average Bonchev–Trinajstić information content (AvgIpc) is 2.09. The Kier molecular flexibility index (Phi) is 2.82. The maximum Gasteiger partial charge on any atom is 0.127 e. The average molecular weight is 183 g/mol. The zero-order chi connectivity index (χ0) is 9.84. The Morgan fingerprint density at radius 2 is 2.15 bits per heavy atom. The maximum atomic E-state index is 13.0. The van der Waals surface area contributed by atoms with Gasteiger partial charge < -0.3 is 0 Å². The molecule has 0 aromatic heterocycles. The van der Waals surface area contributed by atoms with Gasteiger partial charge in [-0.15, -0.1) is 0 Å². The van der Waals surface area contributed by atoms with E-state index in [9.17, 15) is 8.78 Å². The maximum absolute atomic E-state index is 13.0. The fourth-order valence-corrected chi connectivity index (χ4v) is 0.974. The molecule has 0 aliphatic heterocycles. The van der Waals surface area contributed by atoms with Gasteiger partial charge in [0.25, 0.3) is 0 Å². The Morgan fingerprint density at radius 1 is 1.46 bits per heavy atom. The van der Waals surface area contributed by atoms with E-state index in [1.807, 2.05) is 0 Å². The topological polar surface area (TPSA) is 48.8 Å². The summed E-state index contributed by atoms with van der Waals surface area (Å²) in [5, 5.41) is 3.27. The number of azide groups is 1. The van der Waals surface area contributed by atoms with Gasteiger partial charge in [0.2, 0.25) is 0 Å². The van der Waals surface area contributed by atoms with E-state index in [1.54, 1.807) is 0 Å². The molecule has 0 heterocycles. The van der Waals surface area contributed by atoms with Crippen LogP contribution >= 0.6 is 0 Å². The van der Waals surface area contributed by atoms with Crippen LogP contribution in [-0.2, 0) is 0 Å². The van der Waals surface area contributed by atoms with Crippen molar-refractivity contribution in [2.45, 2.75) is 13.0 Å². The molecule has 0 radical (unpaired) electrons. The van der Waals surface area contributed by atoms with Crippen LogP contribution in [0, 0.1) is 11.6 Å². The molecule has 1 atom stereocenters. The van der Waals surface area contributed by atoms with Crippen molar-refractivity contribution in [2.24, 2.45) is 5.11 Å². The minimum absolute atomic E-state index is 0.0674. The summed E-state index contributed by atoms with van der Waals surface area (Å²) in [6, 6.07) is 2.35. The van der Waals surface area contributed by atoms with Crippen molar-refractivity contribution in [3.05, 3.63) is 45.8 Å². The minimum Gasteiger partial charge on any atom is -0.207 e. The lowest BCUT2D eigenvalue weighted by Crippen LogP contribution is -1.94. The second kappa shape index (κ2) is 3.87. The van der Waals surface area contributed by atoms with Gasteiger partial charge in [0.15, 0.2) is 0 Å². The van der Waals surface area contributed by atoms with E-state index in [0.717, 1.165) is 18.2 Å². The second-order valence-corrected chi connectivity index (χ2v) is 2.55. The van der Waals surface area contributed by atoms with Crippen molar-refractivity contribution in [1.29, 1.82) is 0 Å². The van der Waals surface area contributed by atoms with E-state index in [0.29, 0.717) is 0 Å². The third-order valence-electron chi connectivity index (χ3n) is 1.63. The van der Waals surface area contributed by atoms with E-state index in [4.69, 9.17) is 5.53 Å². The first-order valence-electron chi connectivity index (χ1n) is 3.64. The quantitative estimate of drug-likeness (QED) is 0.383. The number of halogens is 2. The largest absolute Gasteiger partial charge is 0.207 e. The summed E-state index contributed by atoms with van der Waals surface area (Å²) in [6.07, 6.45) is 0. The van der Waals surface area contributed by atoms with Crippen molar-refractivity contribution < 1.29 is 8.78 Å². The highest BCUT2D eigenvalue weighted by Gasteiger charge is 2.09. The molecular weight excluding hydrogens is 176 g/mol. The van der Waals surface area contributed by atoms with E-state index in [2.05, 4.69) is 10.0 Å². The Hall–Kier alpha value is -1.61. The lowest BCUT2D eigenvalue weighted by Gasteiger charge is -2.05. The van der Waals surface area contributed by atoms with Gasteiger partial charge in [-0.25, -0.2) is 8.78 Å². The fraction of sp³-hybridized carbons (Fsp3) is 0.250. The Bertz CT molecular complexity index is 358. The predicted molar refractivity (Wildman–Crippen MR) is 43.9 cm³/mol. The molecule has 1 rings (SSSR count). The van der Waals surface area contributed by atoms with Gasteiger partial charge in [-0.1, -0.05) is 12.0 Å². The van der Waals surface area contributed by atoms with E-state index < -0.39 is 17.7 Å². The van der Waals surface area contributed by atoms with Crippen molar-refractivity contribution in [3.8, 4) is 0 Å². The highest BCUT2D eigenvalue weighted by Crippen LogP contribution is 2.20. The lowest BCUT2D eigenvalue weighted by atomic mass is 10.1. The summed E-state index contributed by atoms with van der Waals surface area (Å²) in [5.41, 5.74) is 8.17. The molecule has 0 aliphatic carbocycles.